The Labute approximate surface area is 108 Å². The molecule has 0 unspecified atom stereocenters. The van der Waals surface area contributed by atoms with Crippen molar-refractivity contribution in [1.29, 1.82) is 0 Å². The molecular weight excluding hydrogens is 226 g/mol. The Morgan fingerprint density at radius 3 is 2.78 bits per heavy atom. The Morgan fingerprint density at radius 1 is 1.17 bits per heavy atom. The number of hydrogen-bond donors (Lipinski definition) is 0. The van der Waals surface area contributed by atoms with Crippen LogP contribution in [0.4, 0.5) is 0 Å². The van der Waals surface area contributed by atoms with Crippen molar-refractivity contribution in [1.82, 2.24) is 4.90 Å². The molecule has 0 bridgehead atoms. The van der Waals surface area contributed by atoms with Crippen molar-refractivity contribution in [3.63, 3.8) is 0 Å². The summed E-state index contributed by atoms with van der Waals surface area (Å²) in [6.45, 7) is 0.984. The van der Waals surface area contributed by atoms with Gasteiger partial charge in [-0.25, -0.2) is 0 Å². The fourth-order valence-electron chi connectivity index (χ4n) is 3.06. The van der Waals surface area contributed by atoms with E-state index in [1.165, 1.54) is 18.4 Å². The minimum Gasteiger partial charge on any atom is -0.366 e. The molecule has 96 valence electrons. The molecule has 3 heteroatoms. The van der Waals surface area contributed by atoms with Gasteiger partial charge in [0.2, 0.25) is 5.91 Å². The first-order valence-corrected chi connectivity index (χ1v) is 6.79. The number of nitrogens with zero attached hydrogens (tertiary/aromatic N) is 1. The van der Waals surface area contributed by atoms with Crippen LogP contribution in [0.2, 0.25) is 0 Å². The molecule has 2 aliphatic rings. The number of hydrogen-bond acceptors (Lipinski definition) is 2. The number of ether oxygens (including phenoxy) is 1. The van der Waals surface area contributed by atoms with Crippen LogP contribution >= 0.6 is 0 Å². The molecule has 1 heterocycles. The highest BCUT2D eigenvalue weighted by molar-refractivity contribution is 5.78. The van der Waals surface area contributed by atoms with Crippen molar-refractivity contribution >= 4 is 5.91 Å². The summed E-state index contributed by atoms with van der Waals surface area (Å²) in [6.07, 6.45) is 4.89. The van der Waals surface area contributed by atoms with Gasteiger partial charge in [-0.1, -0.05) is 43.2 Å². The van der Waals surface area contributed by atoms with E-state index < -0.39 is 0 Å². The van der Waals surface area contributed by atoms with Crippen LogP contribution in [0.3, 0.4) is 0 Å². The number of rotatable bonds is 2. The maximum Gasteiger partial charge on any atom is 0.249 e. The zero-order chi connectivity index (χ0) is 12.4. The fraction of sp³-hybridized carbons (Fsp3) is 0.533. The standard InChI is InChI=1S/C15H19NO2/c17-15-11-18-14-9-5-4-8-13(14)16(15)10-12-6-2-1-3-7-12/h1-3,6-7,13-14H,4-5,8-11H2/t13-,14+/m0/s1. The van der Waals surface area contributed by atoms with Gasteiger partial charge in [-0.2, -0.15) is 0 Å². The topological polar surface area (TPSA) is 29.5 Å². The Kier molecular flexibility index (Phi) is 3.33. The van der Waals surface area contributed by atoms with Crippen LogP contribution in [0.15, 0.2) is 30.3 Å². The second kappa shape index (κ2) is 5.11. The molecule has 3 nitrogen and oxygen atoms in total. The number of carbonyl (C=O) groups excluding carboxylic acids is 1. The number of fused-ring (bicyclic) bond motifs is 1. The molecular formula is C15H19NO2. The molecule has 1 saturated heterocycles. The van der Waals surface area contributed by atoms with Crippen LogP contribution in [-0.2, 0) is 16.1 Å². The predicted molar refractivity (Wildman–Crippen MR) is 69.0 cm³/mol. The maximum atomic E-state index is 12.1. The number of carbonyl (C=O) groups is 1. The molecule has 0 radical (unpaired) electrons. The quantitative estimate of drug-likeness (QED) is 0.800. The highest BCUT2D eigenvalue weighted by Crippen LogP contribution is 2.29. The van der Waals surface area contributed by atoms with E-state index in [1.54, 1.807) is 0 Å². The van der Waals surface area contributed by atoms with Gasteiger partial charge in [-0.3, -0.25) is 4.79 Å². The molecule has 0 aromatic heterocycles. The third kappa shape index (κ3) is 2.27. The molecule has 18 heavy (non-hydrogen) atoms. The molecule has 3 rings (SSSR count). The van der Waals surface area contributed by atoms with Gasteiger partial charge in [0.25, 0.3) is 0 Å². The van der Waals surface area contributed by atoms with E-state index in [2.05, 4.69) is 12.1 Å². The number of morpholine rings is 1. The van der Waals surface area contributed by atoms with Crippen molar-refractivity contribution in [2.24, 2.45) is 0 Å². The largest absolute Gasteiger partial charge is 0.366 e. The van der Waals surface area contributed by atoms with Crippen molar-refractivity contribution < 1.29 is 9.53 Å². The molecule has 2 atom stereocenters. The zero-order valence-corrected chi connectivity index (χ0v) is 10.5. The Balaban J connectivity index is 1.77. The van der Waals surface area contributed by atoms with Crippen molar-refractivity contribution in [3.8, 4) is 0 Å². The lowest BCUT2D eigenvalue weighted by atomic mass is 9.89. The summed E-state index contributed by atoms with van der Waals surface area (Å²) in [5.41, 5.74) is 1.21. The Hall–Kier alpha value is -1.35. The fourth-order valence-corrected chi connectivity index (χ4v) is 3.06. The lowest BCUT2D eigenvalue weighted by Gasteiger charge is -2.43. The van der Waals surface area contributed by atoms with E-state index in [0.717, 1.165) is 19.4 Å². The summed E-state index contributed by atoms with van der Waals surface area (Å²) < 4.78 is 5.67. The smallest absolute Gasteiger partial charge is 0.249 e. The second-order valence-corrected chi connectivity index (χ2v) is 5.21. The average molecular weight is 245 g/mol. The van der Waals surface area contributed by atoms with E-state index in [-0.39, 0.29) is 18.6 Å². The molecule has 1 amide bonds. The lowest BCUT2D eigenvalue weighted by molar-refractivity contribution is -0.161. The van der Waals surface area contributed by atoms with Gasteiger partial charge in [0.15, 0.2) is 0 Å². The first-order valence-electron chi connectivity index (χ1n) is 6.79. The third-order valence-corrected chi connectivity index (χ3v) is 4.00. The maximum absolute atomic E-state index is 12.1. The molecule has 1 aliphatic carbocycles. The SMILES string of the molecule is O=C1CO[C@@H]2CCCC[C@@H]2N1Cc1ccccc1. The highest BCUT2D eigenvalue weighted by Gasteiger charge is 2.37. The third-order valence-electron chi connectivity index (χ3n) is 4.00. The van der Waals surface area contributed by atoms with Crippen LogP contribution < -0.4 is 0 Å². The van der Waals surface area contributed by atoms with Crippen LogP contribution in [-0.4, -0.2) is 29.6 Å². The molecule has 1 saturated carbocycles. The molecule has 2 fully saturated rings. The molecule has 0 spiro atoms. The minimum absolute atomic E-state index is 0.141. The summed E-state index contributed by atoms with van der Waals surface area (Å²) >= 11 is 0. The van der Waals surface area contributed by atoms with Gasteiger partial charge in [0.05, 0.1) is 12.1 Å². The van der Waals surface area contributed by atoms with Gasteiger partial charge in [-0.15, -0.1) is 0 Å². The monoisotopic (exact) mass is 245 g/mol. The van der Waals surface area contributed by atoms with Crippen LogP contribution in [0, 0.1) is 0 Å². The van der Waals surface area contributed by atoms with Gasteiger partial charge in [0, 0.05) is 6.54 Å². The van der Waals surface area contributed by atoms with Gasteiger partial charge in [0.1, 0.15) is 6.61 Å². The van der Waals surface area contributed by atoms with Crippen molar-refractivity contribution in [3.05, 3.63) is 35.9 Å². The van der Waals surface area contributed by atoms with Crippen molar-refractivity contribution in [2.45, 2.75) is 44.4 Å². The predicted octanol–water partition coefficient (Wildman–Crippen LogP) is 2.36. The number of benzene rings is 1. The molecule has 1 aromatic rings. The summed E-state index contributed by atoms with van der Waals surface area (Å²) in [5.74, 6) is 0.141. The van der Waals surface area contributed by atoms with Gasteiger partial charge >= 0.3 is 0 Å². The van der Waals surface area contributed by atoms with Crippen LogP contribution in [0.5, 0.6) is 0 Å². The average Bonchev–Trinajstić information content (AvgIpc) is 2.43. The summed E-state index contributed by atoms with van der Waals surface area (Å²) in [7, 11) is 0. The van der Waals surface area contributed by atoms with Crippen molar-refractivity contribution in [2.75, 3.05) is 6.61 Å². The molecule has 1 aromatic carbocycles. The number of amides is 1. The minimum atomic E-state index is 0.141. The van der Waals surface area contributed by atoms with E-state index in [9.17, 15) is 4.79 Å². The highest BCUT2D eigenvalue weighted by atomic mass is 16.5. The van der Waals surface area contributed by atoms with E-state index >= 15 is 0 Å². The molecule has 1 aliphatic heterocycles. The lowest BCUT2D eigenvalue weighted by Crippen LogP contribution is -2.55. The van der Waals surface area contributed by atoms with Crippen LogP contribution in [0.1, 0.15) is 31.2 Å². The van der Waals surface area contributed by atoms with Gasteiger partial charge < -0.3 is 9.64 Å². The van der Waals surface area contributed by atoms with E-state index in [1.807, 2.05) is 23.1 Å². The van der Waals surface area contributed by atoms with Crippen LogP contribution in [0.25, 0.3) is 0 Å². The molecule has 0 N–H and O–H groups in total. The summed E-state index contributed by atoms with van der Waals surface area (Å²) in [5, 5.41) is 0. The first-order chi connectivity index (χ1) is 8.84. The summed E-state index contributed by atoms with van der Waals surface area (Å²) in [6, 6.07) is 10.5. The van der Waals surface area contributed by atoms with Gasteiger partial charge in [-0.05, 0) is 18.4 Å². The van der Waals surface area contributed by atoms with E-state index in [4.69, 9.17) is 4.74 Å². The Morgan fingerprint density at radius 2 is 1.94 bits per heavy atom. The summed E-state index contributed by atoms with van der Waals surface area (Å²) in [4.78, 5) is 14.1. The first kappa shape index (κ1) is 11.7. The zero-order valence-electron chi connectivity index (χ0n) is 10.5. The Bertz CT molecular complexity index is 418. The van der Waals surface area contributed by atoms with E-state index in [0.29, 0.717) is 6.04 Å². The second-order valence-electron chi connectivity index (χ2n) is 5.21. The normalized spacial score (nSPS) is 28.0.